The van der Waals surface area contributed by atoms with Crippen LogP contribution < -0.4 is 0 Å². The molecule has 1 aliphatic rings. The fourth-order valence-electron chi connectivity index (χ4n) is 2.64. The minimum absolute atomic E-state index is 0.544. The summed E-state index contributed by atoms with van der Waals surface area (Å²) in [4.78, 5) is 0. The van der Waals surface area contributed by atoms with E-state index in [1.165, 1.54) is 23.1 Å². The second-order valence-corrected chi connectivity index (χ2v) is 4.57. The van der Waals surface area contributed by atoms with Crippen molar-refractivity contribution >= 4 is 6.08 Å². The van der Waals surface area contributed by atoms with Gasteiger partial charge in [-0.2, -0.15) is 0 Å². The van der Waals surface area contributed by atoms with Gasteiger partial charge in [-0.25, -0.2) is 0 Å². The summed E-state index contributed by atoms with van der Waals surface area (Å²) in [5.41, 5.74) is 4.27. The zero-order valence-corrected chi connectivity index (χ0v) is 9.84. The molecule has 0 heterocycles. The van der Waals surface area contributed by atoms with Gasteiger partial charge in [0.05, 0.1) is 0 Å². The maximum Gasteiger partial charge on any atom is 0.00982 e. The lowest BCUT2D eigenvalue weighted by atomic mass is 9.86. The first-order chi connectivity index (χ1) is 8.45. The molecule has 17 heavy (non-hydrogen) atoms. The predicted molar refractivity (Wildman–Crippen MR) is 73.0 cm³/mol. The molecule has 0 amide bonds. The maximum absolute atomic E-state index is 2.29. The number of rotatable bonds is 1. The number of hydrogen-bond acceptors (Lipinski definition) is 0. The minimum Gasteiger partial charge on any atom is -0.0839 e. The highest BCUT2D eigenvalue weighted by atomic mass is 14.2. The van der Waals surface area contributed by atoms with Crippen LogP contribution in [0.1, 0.15) is 35.4 Å². The average Bonchev–Trinajstić information content (AvgIpc) is 2.62. The molecule has 3 rings (SSSR count). The molecule has 0 nitrogen and oxygen atoms in total. The summed E-state index contributed by atoms with van der Waals surface area (Å²) in [6, 6.07) is 19.6. The van der Waals surface area contributed by atoms with Gasteiger partial charge in [0.2, 0.25) is 0 Å². The van der Waals surface area contributed by atoms with Gasteiger partial charge >= 0.3 is 0 Å². The Bertz CT molecular complexity index is 523. The Labute approximate surface area is 103 Å². The standard InChI is InChI=1S/C17H16/c1-2-8-14(9-3-1)16-12-6-4-10-15-11-5-7-13-17(15)16/h1-5,7-11,13,16H,6,12H2/t16-/m0/s1. The summed E-state index contributed by atoms with van der Waals surface area (Å²) in [7, 11) is 0. The van der Waals surface area contributed by atoms with Crippen LogP contribution in [0.5, 0.6) is 0 Å². The third-order valence-corrected chi connectivity index (χ3v) is 3.49. The Morgan fingerprint density at radius 2 is 1.59 bits per heavy atom. The molecule has 0 aliphatic heterocycles. The van der Waals surface area contributed by atoms with Gasteiger partial charge in [-0.05, 0) is 29.5 Å². The highest BCUT2D eigenvalue weighted by Crippen LogP contribution is 2.34. The zero-order valence-electron chi connectivity index (χ0n) is 9.84. The van der Waals surface area contributed by atoms with Crippen molar-refractivity contribution < 1.29 is 0 Å². The minimum atomic E-state index is 0.544. The number of fused-ring (bicyclic) bond motifs is 1. The fourth-order valence-corrected chi connectivity index (χ4v) is 2.64. The summed E-state index contributed by atoms with van der Waals surface area (Å²) in [6.45, 7) is 0. The number of benzene rings is 2. The maximum atomic E-state index is 2.29. The van der Waals surface area contributed by atoms with Crippen LogP contribution in [-0.2, 0) is 0 Å². The molecule has 0 bridgehead atoms. The summed E-state index contributed by atoms with van der Waals surface area (Å²) >= 11 is 0. The van der Waals surface area contributed by atoms with Crippen molar-refractivity contribution in [2.24, 2.45) is 0 Å². The third-order valence-electron chi connectivity index (χ3n) is 3.49. The molecular weight excluding hydrogens is 204 g/mol. The average molecular weight is 220 g/mol. The van der Waals surface area contributed by atoms with E-state index in [4.69, 9.17) is 0 Å². The molecule has 0 aromatic heterocycles. The molecule has 0 saturated heterocycles. The Kier molecular flexibility index (Phi) is 2.79. The Balaban J connectivity index is 2.09. The van der Waals surface area contributed by atoms with Crippen LogP contribution in [0.15, 0.2) is 60.7 Å². The van der Waals surface area contributed by atoms with Gasteiger partial charge < -0.3 is 0 Å². The van der Waals surface area contributed by atoms with E-state index in [0.717, 1.165) is 6.42 Å². The summed E-state index contributed by atoms with van der Waals surface area (Å²) in [5.74, 6) is 0.544. The Morgan fingerprint density at radius 1 is 0.824 bits per heavy atom. The highest BCUT2D eigenvalue weighted by Gasteiger charge is 2.17. The first-order valence-electron chi connectivity index (χ1n) is 6.25. The van der Waals surface area contributed by atoms with Crippen molar-refractivity contribution in [3.8, 4) is 0 Å². The van der Waals surface area contributed by atoms with E-state index in [2.05, 4.69) is 66.7 Å². The highest BCUT2D eigenvalue weighted by molar-refractivity contribution is 5.57. The number of allylic oxidation sites excluding steroid dienone is 1. The lowest BCUT2D eigenvalue weighted by Gasteiger charge is -2.17. The van der Waals surface area contributed by atoms with E-state index >= 15 is 0 Å². The molecule has 0 radical (unpaired) electrons. The quantitative estimate of drug-likeness (QED) is 0.657. The van der Waals surface area contributed by atoms with Crippen molar-refractivity contribution in [3.05, 3.63) is 77.4 Å². The van der Waals surface area contributed by atoms with Crippen LogP contribution in [0, 0.1) is 0 Å². The van der Waals surface area contributed by atoms with Crippen LogP contribution in [0.3, 0.4) is 0 Å². The van der Waals surface area contributed by atoms with Gasteiger partial charge in [0.1, 0.15) is 0 Å². The lowest BCUT2D eigenvalue weighted by molar-refractivity contribution is 0.734. The van der Waals surface area contributed by atoms with E-state index in [1.807, 2.05) is 0 Å². The smallest absolute Gasteiger partial charge is 0.00982 e. The molecule has 0 fully saturated rings. The van der Waals surface area contributed by atoms with Crippen LogP contribution in [0.2, 0.25) is 0 Å². The molecule has 0 saturated carbocycles. The van der Waals surface area contributed by atoms with Crippen molar-refractivity contribution in [1.29, 1.82) is 0 Å². The summed E-state index contributed by atoms with van der Waals surface area (Å²) in [6.07, 6.45) is 6.92. The van der Waals surface area contributed by atoms with Gasteiger partial charge in [0.15, 0.2) is 0 Å². The summed E-state index contributed by atoms with van der Waals surface area (Å²) < 4.78 is 0. The second kappa shape index (κ2) is 4.58. The lowest BCUT2D eigenvalue weighted by Crippen LogP contribution is -2.01. The monoisotopic (exact) mass is 220 g/mol. The normalized spacial score (nSPS) is 18.5. The SMILES string of the molecule is C1=Cc2ccccc2[C@H](c2ccccc2)CC1. The van der Waals surface area contributed by atoms with Gasteiger partial charge in [0.25, 0.3) is 0 Å². The molecule has 0 spiro atoms. The van der Waals surface area contributed by atoms with Crippen LogP contribution in [0.4, 0.5) is 0 Å². The van der Waals surface area contributed by atoms with E-state index in [1.54, 1.807) is 0 Å². The van der Waals surface area contributed by atoms with Crippen LogP contribution in [0.25, 0.3) is 6.08 Å². The molecule has 84 valence electrons. The Morgan fingerprint density at radius 3 is 2.47 bits per heavy atom. The number of hydrogen-bond donors (Lipinski definition) is 0. The molecule has 1 aliphatic carbocycles. The van der Waals surface area contributed by atoms with Gasteiger partial charge in [-0.15, -0.1) is 0 Å². The van der Waals surface area contributed by atoms with Crippen molar-refractivity contribution in [2.45, 2.75) is 18.8 Å². The molecule has 0 unspecified atom stereocenters. The fraction of sp³-hybridized carbons (Fsp3) is 0.176. The first-order valence-corrected chi connectivity index (χ1v) is 6.25. The van der Waals surface area contributed by atoms with Gasteiger partial charge in [-0.1, -0.05) is 66.7 Å². The van der Waals surface area contributed by atoms with Crippen molar-refractivity contribution in [1.82, 2.24) is 0 Å². The molecule has 1 atom stereocenters. The van der Waals surface area contributed by atoms with Crippen molar-refractivity contribution in [2.75, 3.05) is 0 Å². The summed E-state index contributed by atoms with van der Waals surface area (Å²) in [5, 5.41) is 0. The van der Waals surface area contributed by atoms with E-state index < -0.39 is 0 Å². The first kappa shape index (κ1) is 10.3. The topological polar surface area (TPSA) is 0 Å². The van der Waals surface area contributed by atoms with E-state index in [-0.39, 0.29) is 0 Å². The molecule has 2 aromatic rings. The largest absolute Gasteiger partial charge is 0.0839 e. The Hall–Kier alpha value is -1.82. The molecule has 0 heteroatoms. The third kappa shape index (κ3) is 2.03. The van der Waals surface area contributed by atoms with Gasteiger partial charge in [0, 0.05) is 5.92 Å². The van der Waals surface area contributed by atoms with Gasteiger partial charge in [-0.3, -0.25) is 0 Å². The van der Waals surface area contributed by atoms with Crippen molar-refractivity contribution in [3.63, 3.8) is 0 Å². The van der Waals surface area contributed by atoms with Crippen LogP contribution >= 0.6 is 0 Å². The second-order valence-electron chi connectivity index (χ2n) is 4.57. The predicted octanol–water partition coefficient (Wildman–Crippen LogP) is 4.63. The molecule has 2 aromatic carbocycles. The van der Waals surface area contributed by atoms with E-state index in [9.17, 15) is 0 Å². The molecular formula is C17H16. The molecule has 0 N–H and O–H groups in total. The zero-order chi connectivity index (χ0) is 11.5. The van der Waals surface area contributed by atoms with Crippen LogP contribution in [-0.4, -0.2) is 0 Å². The van der Waals surface area contributed by atoms with E-state index in [0.29, 0.717) is 5.92 Å².